The molecule has 1 fully saturated rings. The summed E-state index contributed by atoms with van der Waals surface area (Å²) in [6.07, 6.45) is -1.54. The van der Waals surface area contributed by atoms with Crippen molar-refractivity contribution >= 4 is 36.9 Å². The second kappa shape index (κ2) is 7.10. The standard InChI is InChI=1S/C21H15BrF6O2S/c22-18-6-3-13(9-17(18)20(23,24)25)16-11-19(7-8-19)10-15(16)12-1-4-14(5-2-12)31(29,30)21(26,27)28/h1-6,9H,7-8,10-11H2. The quantitative estimate of drug-likeness (QED) is 0.396. The Kier molecular flexibility index (Phi) is 5.13. The highest BCUT2D eigenvalue weighted by molar-refractivity contribution is 9.10. The second-order valence-corrected chi connectivity index (χ2v) is 10.8. The van der Waals surface area contributed by atoms with Gasteiger partial charge in [-0.1, -0.05) is 34.1 Å². The maximum atomic E-state index is 13.4. The first kappa shape index (κ1) is 22.4. The largest absolute Gasteiger partial charge is 0.501 e. The van der Waals surface area contributed by atoms with Gasteiger partial charge in [-0.2, -0.15) is 26.3 Å². The molecule has 2 nitrogen and oxygen atoms in total. The number of benzene rings is 2. The Labute approximate surface area is 183 Å². The van der Waals surface area contributed by atoms with Gasteiger partial charge in [-0.05, 0) is 77.6 Å². The molecule has 0 atom stereocenters. The minimum atomic E-state index is -5.47. The first-order valence-corrected chi connectivity index (χ1v) is 11.5. The molecule has 31 heavy (non-hydrogen) atoms. The van der Waals surface area contributed by atoms with Crippen LogP contribution in [0.25, 0.3) is 11.1 Å². The van der Waals surface area contributed by atoms with E-state index in [1.807, 2.05) is 0 Å². The molecular formula is C21H15BrF6O2S. The minimum absolute atomic E-state index is 0.0349. The fourth-order valence-corrected chi connectivity index (χ4v) is 5.24. The van der Waals surface area contributed by atoms with Crippen LogP contribution in [0.5, 0.6) is 0 Å². The second-order valence-electron chi connectivity index (χ2n) is 7.98. The van der Waals surface area contributed by atoms with E-state index < -0.39 is 32.0 Å². The van der Waals surface area contributed by atoms with Crippen LogP contribution < -0.4 is 0 Å². The zero-order chi connectivity index (χ0) is 22.8. The van der Waals surface area contributed by atoms with Crippen LogP contribution in [0.3, 0.4) is 0 Å². The third-order valence-electron chi connectivity index (χ3n) is 5.86. The Morgan fingerprint density at radius 1 is 0.806 bits per heavy atom. The van der Waals surface area contributed by atoms with E-state index >= 15 is 0 Å². The summed E-state index contributed by atoms with van der Waals surface area (Å²) in [6.45, 7) is 0. The summed E-state index contributed by atoms with van der Waals surface area (Å²) in [4.78, 5) is -0.868. The van der Waals surface area contributed by atoms with Gasteiger partial charge in [0.2, 0.25) is 0 Å². The number of sulfone groups is 1. The zero-order valence-electron chi connectivity index (χ0n) is 15.7. The smallest absolute Gasteiger partial charge is 0.214 e. The fraction of sp³-hybridized carbons (Fsp3) is 0.333. The van der Waals surface area contributed by atoms with Crippen molar-refractivity contribution in [2.24, 2.45) is 5.41 Å². The highest BCUT2D eigenvalue weighted by Crippen LogP contribution is 2.63. The van der Waals surface area contributed by atoms with Crippen molar-refractivity contribution in [3.8, 4) is 0 Å². The van der Waals surface area contributed by atoms with Crippen molar-refractivity contribution in [2.45, 2.75) is 42.3 Å². The van der Waals surface area contributed by atoms with Crippen molar-refractivity contribution < 1.29 is 34.8 Å². The van der Waals surface area contributed by atoms with E-state index in [1.165, 1.54) is 18.2 Å². The molecule has 10 heteroatoms. The molecule has 4 rings (SSSR count). The van der Waals surface area contributed by atoms with Crippen molar-refractivity contribution in [1.29, 1.82) is 0 Å². The molecule has 1 spiro atoms. The first-order chi connectivity index (χ1) is 14.2. The Hall–Kier alpha value is -1.81. The summed E-state index contributed by atoms with van der Waals surface area (Å²) in [5, 5.41) is 0. The number of hydrogen-bond donors (Lipinski definition) is 0. The lowest BCUT2D eigenvalue weighted by molar-refractivity contribution is -0.138. The molecule has 2 aromatic rings. The fourth-order valence-electron chi connectivity index (χ4n) is 4.01. The van der Waals surface area contributed by atoms with Crippen LogP contribution >= 0.6 is 15.9 Å². The van der Waals surface area contributed by atoms with Crippen LogP contribution in [0, 0.1) is 5.41 Å². The van der Waals surface area contributed by atoms with Gasteiger partial charge in [-0.15, -0.1) is 0 Å². The predicted octanol–water partition coefficient (Wildman–Crippen LogP) is 7.25. The molecule has 0 saturated heterocycles. The Balaban J connectivity index is 1.78. The normalized spacial score (nSPS) is 18.7. The summed E-state index contributed by atoms with van der Waals surface area (Å²) < 4.78 is 102. The Morgan fingerprint density at radius 2 is 1.32 bits per heavy atom. The van der Waals surface area contributed by atoms with Gasteiger partial charge in [-0.25, -0.2) is 8.42 Å². The van der Waals surface area contributed by atoms with Gasteiger partial charge in [-0.3, -0.25) is 0 Å². The molecule has 0 aliphatic heterocycles. The van der Waals surface area contributed by atoms with Crippen molar-refractivity contribution in [2.75, 3.05) is 0 Å². The van der Waals surface area contributed by atoms with E-state index in [0.717, 1.165) is 36.6 Å². The molecule has 0 heterocycles. The van der Waals surface area contributed by atoms with Crippen LogP contribution in [-0.2, 0) is 16.0 Å². The van der Waals surface area contributed by atoms with E-state index in [9.17, 15) is 34.8 Å². The van der Waals surface area contributed by atoms with Crippen LogP contribution in [0.2, 0.25) is 0 Å². The van der Waals surface area contributed by atoms with E-state index in [2.05, 4.69) is 15.9 Å². The third-order valence-corrected chi connectivity index (χ3v) is 8.06. The van der Waals surface area contributed by atoms with Gasteiger partial charge in [0.05, 0.1) is 10.5 Å². The van der Waals surface area contributed by atoms with Gasteiger partial charge in [0.25, 0.3) is 9.84 Å². The van der Waals surface area contributed by atoms with Gasteiger partial charge >= 0.3 is 11.7 Å². The lowest BCUT2D eigenvalue weighted by atomic mass is 9.96. The Morgan fingerprint density at radius 3 is 1.81 bits per heavy atom. The molecule has 0 aromatic heterocycles. The summed E-state index contributed by atoms with van der Waals surface area (Å²) in [5.74, 6) is 0. The van der Waals surface area contributed by atoms with Gasteiger partial charge in [0.15, 0.2) is 0 Å². The molecule has 2 aliphatic carbocycles. The summed E-state index contributed by atoms with van der Waals surface area (Å²) >= 11 is 2.93. The molecule has 2 aromatic carbocycles. The molecule has 1 saturated carbocycles. The molecule has 0 bridgehead atoms. The third kappa shape index (κ3) is 4.04. The minimum Gasteiger partial charge on any atom is -0.214 e. The molecular weight excluding hydrogens is 510 g/mol. The monoisotopic (exact) mass is 524 g/mol. The van der Waals surface area contributed by atoms with Crippen LogP contribution in [0.15, 0.2) is 51.8 Å². The Bertz CT molecular complexity index is 1170. The molecule has 0 radical (unpaired) electrons. The van der Waals surface area contributed by atoms with Crippen LogP contribution in [0.1, 0.15) is 42.4 Å². The maximum Gasteiger partial charge on any atom is 0.501 e. The molecule has 2 aliphatic rings. The van der Waals surface area contributed by atoms with E-state index in [-0.39, 0.29) is 9.89 Å². The lowest BCUT2D eigenvalue weighted by Crippen LogP contribution is -2.23. The highest BCUT2D eigenvalue weighted by Gasteiger charge is 2.49. The van der Waals surface area contributed by atoms with Crippen molar-refractivity contribution in [3.63, 3.8) is 0 Å². The highest BCUT2D eigenvalue weighted by atomic mass is 79.9. The first-order valence-electron chi connectivity index (χ1n) is 9.25. The van der Waals surface area contributed by atoms with Crippen molar-refractivity contribution in [1.82, 2.24) is 0 Å². The van der Waals surface area contributed by atoms with E-state index in [1.54, 1.807) is 6.07 Å². The number of alkyl halides is 6. The number of allylic oxidation sites excluding steroid dienone is 2. The maximum absolute atomic E-state index is 13.4. The average Bonchev–Trinajstić information content (AvgIpc) is 3.31. The number of rotatable bonds is 3. The molecule has 0 unspecified atom stereocenters. The predicted molar refractivity (Wildman–Crippen MR) is 107 cm³/mol. The summed E-state index contributed by atoms with van der Waals surface area (Å²) in [7, 11) is -5.47. The molecule has 0 amide bonds. The summed E-state index contributed by atoms with van der Waals surface area (Å²) in [5.41, 5.74) is -3.88. The van der Waals surface area contributed by atoms with Crippen molar-refractivity contribution in [3.05, 3.63) is 63.6 Å². The number of halogens is 7. The molecule has 166 valence electrons. The van der Waals surface area contributed by atoms with Gasteiger partial charge in [0.1, 0.15) is 0 Å². The van der Waals surface area contributed by atoms with Crippen LogP contribution in [-0.4, -0.2) is 13.9 Å². The van der Waals surface area contributed by atoms with E-state index in [4.69, 9.17) is 0 Å². The lowest BCUT2D eigenvalue weighted by Gasteiger charge is -2.14. The average molecular weight is 525 g/mol. The molecule has 0 N–H and O–H groups in total. The van der Waals surface area contributed by atoms with E-state index in [0.29, 0.717) is 29.5 Å². The van der Waals surface area contributed by atoms with Crippen LogP contribution in [0.4, 0.5) is 26.3 Å². The van der Waals surface area contributed by atoms with Gasteiger partial charge < -0.3 is 0 Å². The summed E-state index contributed by atoms with van der Waals surface area (Å²) in [6, 6.07) is 8.35. The van der Waals surface area contributed by atoms with Gasteiger partial charge in [0, 0.05) is 4.47 Å². The topological polar surface area (TPSA) is 34.1 Å². The number of hydrogen-bond acceptors (Lipinski definition) is 2. The zero-order valence-corrected chi connectivity index (χ0v) is 18.1. The SMILES string of the molecule is O=S(=O)(c1ccc(C2=C(c3ccc(Br)c(C(F)(F)F)c3)CC3(CC3)C2)cc1)C(F)(F)F.